The van der Waals surface area contributed by atoms with Gasteiger partial charge < -0.3 is 4.74 Å². The van der Waals surface area contributed by atoms with Gasteiger partial charge in [-0.05, 0) is 36.4 Å². The Balaban J connectivity index is 1.66. The summed E-state index contributed by atoms with van der Waals surface area (Å²) in [4.78, 5) is 24.2. The van der Waals surface area contributed by atoms with E-state index >= 15 is 0 Å². The van der Waals surface area contributed by atoms with Gasteiger partial charge in [0.25, 0.3) is 0 Å². The van der Waals surface area contributed by atoms with E-state index in [4.69, 9.17) is 16.3 Å². The zero-order valence-corrected chi connectivity index (χ0v) is 13.9. The van der Waals surface area contributed by atoms with E-state index in [1.807, 2.05) is 18.2 Å². The van der Waals surface area contributed by atoms with E-state index in [9.17, 15) is 9.59 Å². The van der Waals surface area contributed by atoms with Gasteiger partial charge in [-0.3, -0.25) is 10.1 Å². The van der Waals surface area contributed by atoms with Gasteiger partial charge in [-0.15, -0.1) is 0 Å². The van der Waals surface area contributed by atoms with Gasteiger partial charge in [0.2, 0.25) is 0 Å². The monoisotopic (exact) mass is 351 g/mol. The van der Waals surface area contributed by atoms with Crippen molar-refractivity contribution in [1.82, 2.24) is 0 Å². The van der Waals surface area contributed by atoms with Crippen molar-refractivity contribution >= 4 is 29.2 Å². The van der Waals surface area contributed by atoms with E-state index in [1.165, 1.54) is 0 Å². The summed E-state index contributed by atoms with van der Waals surface area (Å²) in [5.74, 6) is 0.238. The second-order valence-corrected chi connectivity index (χ2v) is 5.62. The molecule has 3 aromatic rings. The van der Waals surface area contributed by atoms with E-state index in [0.29, 0.717) is 27.6 Å². The average molecular weight is 352 g/mol. The molecule has 1 N–H and O–H groups in total. The van der Waals surface area contributed by atoms with Gasteiger partial charge in [0.05, 0.1) is 10.7 Å². The highest BCUT2D eigenvalue weighted by molar-refractivity contribution is 6.33. The Labute approximate surface area is 150 Å². The van der Waals surface area contributed by atoms with Gasteiger partial charge in [0, 0.05) is 11.1 Å². The van der Waals surface area contributed by atoms with Crippen LogP contribution in [0.2, 0.25) is 5.02 Å². The minimum atomic E-state index is -0.657. The van der Waals surface area contributed by atoms with Crippen LogP contribution in [0.4, 0.5) is 10.5 Å². The Bertz CT molecular complexity index is 892. The molecule has 0 unspecified atom stereocenters. The Morgan fingerprint density at radius 3 is 2.04 bits per heavy atom. The van der Waals surface area contributed by atoms with E-state index in [1.54, 1.807) is 60.7 Å². The lowest BCUT2D eigenvalue weighted by Gasteiger charge is -2.08. The van der Waals surface area contributed by atoms with Crippen LogP contribution in [0.25, 0.3) is 0 Å². The highest BCUT2D eigenvalue weighted by Gasteiger charge is 2.10. The lowest BCUT2D eigenvalue weighted by Crippen LogP contribution is -2.17. The molecule has 1 amide bonds. The van der Waals surface area contributed by atoms with E-state index < -0.39 is 6.09 Å². The summed E-state index contributed by atoms with van der Waals surface area (Å²) >= 11 is 5.98. The molecule has 4 nitrogen and oxygen atoms in total. The first-order chi connectivity index (χ1) is 12.1. The molecule has 3 rings (SSSR count). The molecule has 0 saturated carbocycles. The second kappa shape index (κ2) is 7.64. The number of benzene rings is 3. The zero-order valence-electron chi connectivity index (χ0n) is 13.1. The number of halogens is 1. The molecule has 0 spiro atoms. The number of rotatable bonds is 4. The summed E-state index contributed by atoms with van der Waals surface area (Å²) in [5, 5.41) is 2.98. The largest absolute Gasteiger partial charge is 0.417 e. The number of anilines is 1. The van der Waals surface area contributed by atoms with Crippen molar-refractivity contribution in [3.8, 4) is 5.75 Å². The molecule has 5 heteroatoms. The van der Waals surface area contributed by atoms with Crippen LogP contribution < -0.4 is 10.1 Å². The number of amides is 1. The molecular weight excluding hydrogens is 338 g/mol. The Morgan fingerprint density at radius 2 is 1.36 bits per heavy atom. The fourth-order valence-electron chi connectivity index (χ4n) is 2.24. The molecule has 0 radical (unpaired) electrons. The minimum absolute atomic E-state index is 0.0901. The maximum atomic E-state index is 12.3. The van der Waals surface area contributed by atoms with Crippen molar-refractivity contribution in [3.63, 3.8) is 0 Å². The second-order valence-electron chi connectivity index (χ2n) is 5.21. The molecule has 25 heavy (non-hydrogen) atoms. The van der Waals surface area contributed by atoms with Gasteiger partial charge in [0.15, 0.2) is 5.78 Å². The summed E-state index contributed by atoms with van der Waals surface area (Å²) in [6.45, 7) is 0. The average Bonchev–Trinajstić information content (AvgIpc) is 2.64. The molecule has 0 heterocycles. The SMILES string of the molecule is O=C(Nc1ccccc1Cl)Oc1ccc(C(=O)c2ccccc2)cc1. The minimum Gasteiger partial charge on any atom is -0.410 e. The molecule has 0 fully saturated rings. The molecule has 0 aliphatic heterocycles. The third-order valence-electron chi connectivity index (χ3n) is 3.47. The number of hydrogen-bond donors (Lipinski definition) is 1. The fourth-order valence-corrected chi connectivity index (χ4v) is 2.42. The Morgan fingerprint density at radius 1 is 0.760 bits per heavy atom. The molecule has 0 atom stereocenters. The van der Waals surface area contributed by atoms with Crippen molar-refractivity contribution < 1.29 is 14.3 Å². The highest BCUT2D eigenvalue weighted by Crippen LogP contribution is 2.21. The number of nitrogens with one attached hydrogen (secondary N) is 1. The topological polar surface area (TPSA) is 55.4 Å². The van der Waals surface area contributed by atoms with Crippen molar-refractivity contribution in [2.24, 2.45) is 0 Å². The van der Waals surface area contributed by atoms with Crippen LogP contribution >= 0.6 is 11.6 Å². The zero-order chi connectivity index (χ0) is 17.6. The Kier molecular flexibility index (Phi) is 5.11. The molecule has 3 aromatic carbocycles. The van der Waals surface area contributed by atoms with E-state index in [0.717, 1.165) is 0 Å². The summed E-state index contributed by atoms with van der Waals surface area (Å²) in [5.41, 5.74) is 1.59. The van der Waals surface area contributed by atoms with Gasteiger partial charge in [0.1, 0.15) is 5.75 Å². The summed E-state index contributed by atoms with van der Waals surface area (Å²) < 4.78 is 5.19. The lowest BCUT2D eigenvalue weighted by molar-refractivity contribution is 0.103. The number of ether oxygens (including phenoxy) is 1. The van der Waals surface area contributed by atoms with Crippen LogP contribution in [0, 0.1) is 0 Å². The van der Waals surface area contributed by atoms with Crippen LogP contribution in [0.15, 0.2) is 78.9 Å². The maximum absolute atomic E-state index is 12.3. The van der Waals surface area contributed by atoms with Crippen molar-refractivity contribution in [2.45, 2.75) is 0 Å². The third kappa shape index (κ3) is 4.25. The predicted octanol–water partition coefficient (Wildman–Crippen LogP) is 5.18. The summed E-state index contributed by atoms with van der Waals surface area (Å²) in [6, 6.07) is 22.2. The van der Waals surface area contributed by atoms with E-state index in [2.05, 4.69) is 5.32 Å². The first-order valence-electron chi connectivity index (χ1n) is 7.56. The standard InChI is InChI=1S/C20H14ClNO3/c21-17-8-4-5-9-18(17)22-20(24)25-16-12-10-15(11-13-16)19(23)14-6-2-1-3-7-14/h1-13H,(H,22,24). The lowest BCUT2D eigenvalue weighted by atomic mass is 10.0. The predicted molar refractivity (Wildman–Crippen MR) is 97.4 cm³/mol. The van der Waals surface area contributed by atoms with Crippen LogP contribution in [-0.2, 0) is 0 Å². The van der Waals surface area contributed by atoms with Crippen LogP contribution in [0.5, 0.6) is 5.75 Å². The molecule has 0 bridgehead atoms. The fraction of sp³-hybridized carbons (Fsp3) is 0. The smallest absolute Gasteiger partial charge is 0.410 e. The number of carbonyl (C=O) groups excluding carboxylic acids is 2. The van der Waals surface area contributed by atoms with Crippen molar-refractivity contribution in [3.05, 3.63) is 95.0 Å². The van der Waals surface area contributed by atoms with Gasteiger partial charge in [-0.2, -0.15) is 0 Å². The molecule has 124 valence electrons. The van der Waals surface area contributed by atoms with E-state index in [-0.39, 0.29) is 5.78 Å². The summed E-state index contributed by atoms with van der Waals surface area (Å²) in [7, 11) is 0. The quantitative estimate of drug-likeness (QED) is 0.659. The van der Waals surface area contributed by atoms with Crippen LogP contribution in [0.3, 0.4) is 0 Å². The van der Waals surface area contributed by atoms with Crippen molar-refractivity contribution in [1.29, 1.82) is 0 Å². The van der Waals surface area contributed by atoms with Gasteiger partial charge in [-0.1, -0.05) is 54.1 Å². The number of carbonyl (C=O) groups is 2. The third-order valence-corrected chi connectivity index (χ3v) is 3.80. The van der Waals surface area contributed by atoms with Gasteiger partial charge in [-0.25, -0.2) is 4.79 Å². The van der Waals surface area contributed by atoms with Crippen LogP contribution in [-0.4, -0.2) is 11.9 Å². The molecule has 0 saturated heterocycles. The first-order valence-corrected chi connectivity index (χ1v) is 7.94. The first kappa shape index (κ1) is 16.7. The Hall–Kier alpha value is -3.11. The molecule has 0 aliphatic rings. The normalized spacial score (nSPS) is 10.1. The molecule has 0 aromatic heterocycles. The van der Waals surface area contributed by atoms with Gasteiger partial charge >= 0.3 is 6.09 Å². The number of ketones is 1. The van der Waals surface area contributed by atoms with Crippen LogP contribution in [0.1, 0.15) is 15.9 Å². The molecular formula is C20H14ClNO3. The summed E-state index contributed by atoms with van der Waals surface area (Å²) in [6.07, 6.45) is -0.657. The molecule has 0 aliphatic carbocycles. The highest BCUT2D eigenvalue weighted by atomic mass is 35.5. The van der Waals surface area contributed by atoms with Crippen molar-refractivity contribution in [2.75, 3.05) is 5.32 Å². The number of para-hydroxylation sites is 1. The number of hydrogen-bond acceptors (Lipinski definition) is 3. The maximum Gasteiger partial charge on any atom is 0.417 e.